The van der Waals surface area contributed by atoms with Gasteiger partial charge in [-0.15, -0.1) is 0 Å². The van der Waals surface area contributed by atoms with Gasteiger partial charge in [0.1, 0.15) is 6.54 Å². The highest BCUT2D eigenvalue weighted by Gasteiger charge is 2.67. The van der Waals surface area contributed by atoms with Gasteiger partial charge in [-0.3, -0.25) is 19.3 Å². The number of carboxylic acid groups (broad SMARTS) is 1. The first kappa shape index (κ1) is 21.7. The van der Waals surface area contributed by atoms with Crippen LogP contribution in [0.3, 0.4) is 0 Å². The Bertz CT molecular complexity index is 1400. The highest BCUT2D eigenvalue weighted by Crippen LogP contribution is 2.66. The van der Waals surface area contributed by atoms with Gasteiger partial charge in [-0.2, -0.15) is 0 Å². The van der Waals surface area contributed by atoms with Crippen LogP contribution < -0.4 is 5.32 Å². The van der Waals surface area contributed by atoms with Gasteiger partial charge in [-0.05, 0) is 34.4 Å². The van der Waals surface area contributed by atoms with Crippen molar-refractivity contribution in [3.05, 3.63) is 101 Å². The van der Waals surface area contributed by atoms with Crippen molar-refractivity contribution in [2.24, 2.45) is 11.8 Å². The summed E-state index contributed by atoms with van der Waals surface area (Å²) in [5, 5.41) is 11.9. The second-order valence-corrected chi connectivity index (χ2v) is 10.3. The smallest absolute Gasteiger partial charge is 0.337 e. The number of anilines is 1. The molecule has 2 atom stereocenters. The molecule has 1 saturated heterocycles. The van der Waals surface area contributed by atoms with E-state index in [1.165, 1.54) is 12.1 Å². The van der Waals surface area contributed by atoms with Crippen LogP contribution in [-0.4, -0.2) is 40.2 Å². The second kappa shape index (κ2) is 7.61. The molecular weight excluding hydrogens is 512 g/mol. The number of hydrogen-bond donors (Lipinski definition) is 2. The van der Waals surface area contributed by atoms with E-state index in [0.717, 1.165) is 27.2 Å². The number of para-hydroxylation sites is 1. The fraction of sp³-hybridized carbons (Fsp3) is 0.185. The average Bonchev–Trinajstić information content (AvgIpc) is 3.11. The van der Waals surface area contributed by atoms with Crippen LogP contribution in [0.5, 0.6) is 0 Å². The van der Waals surface area contributed by atoms with E-state index in [-0.39, 0.29) is 23.1 Å². The Labute approximate surface area is 208 Å². The lowest BCUT2D eigenvalue weighted by Crippen LogP contribution is -2.50. The van der Waals surface area contributed by atoms with Crippen LogP contribution in [0.1, 0.15) is 38.5 Å². The van der Waals surface area contributed by atoms with Crippen LogP contribution >= 0.6 is 15.9 Å². The zero-order chi connectivity index (χ0) is 24.5. The summed E-state index contributed by atoms with van der Waals surface area (Å²) in [5.74, 6) is -4.23. The number of rotatable bonds is 4. The summed E-state index contributed by atoms with van der Waals surface area (Å²) in [6, 6.07) is 21.7. The van der Waals surface area contributed by atoms with Gasteiger partial charge in [0.2, 0.25) is 17.7 Å². The number of amides is 3. The molecule has 35 heavy (non-hydrogen) atoms. The highest BCUT2D eigenvalue weighted by atomic mass is 79.9. The van der Waals surface area contributed by atoms with E-state index in [4.69, 9.17) is 0 Å². The molecule has 7 nitrogen and oxygen atoms in total. The summed E-state index contributed by atoms with van der Waals surface area (Å²) in [6.07, 6.45) is 0. The van der Waals surface area contributed by atoms with Crippen LogP contribution in [0.25, 0.3) is 0 Å². The van der Waals surface area contributed by atoms with E-state index in [2.05, 4.69) is 21.2 Å². The number of halogens is 1. The van der Waals surface area contributed by atoms with Crippen LogP contribution in [0, 0.1) is 11.8 Å². The lowest BCUT2D eigenvalue weighted by Gasteiger charge is -2.51. The van der Waals surface area contributed by atoms with Crippen molar-refractivity contribution in [3.8, 4) is 0 Å². The predicted molar refractivity (Wildman–Crippen MR) is 130 cm³/mol. The lowest BCUT2D eigenvalue weighted by atomic mass is 9.55. The summed E-state index contributed by atoms with van der Waals surface area (Å²) >= 11 is 3.91. The highest BCUT2D eigenvalue weighted by molar-refractivity contribution is 9.09. The number of carbonyl (C=O) groups is 4. The van der Waals surface area contributed by atoms with Gasteiger partial charge in [-0.1, -0.05) is 76.6 Å². The summed E-state index contributed by atoms with van der Waals surface area (Å²) in [7, 11) is 0. The number of carbonyl (C=O) groups excluding carboxylic acids is 3. The number of aromatic carboxylic acids is 1. The third-order valence-corrected chi connectivity index (χ3v) is 8.69. The number of carboxylic acids is 1. The molecule has 3 aromatic carbocycles. The van der Waals surface area contributed by atoms with E-state index in [1.807, 2.05) is 48.5 Å². The van der Waals surface area contributed by atoms with Crippen LogP contribution in [-0.2, 0) is 18.7 Å². The van der Waals surface area contributed by atoms with Gasteiger partial charge in [0, 0.05) is 5.92 Å². The Kier molecular flexibility index (Phi) is 4.73. The van der Waals surface area contributed by atoms with Crippen molar-refractivity contribution in [2.45, 2.75) is 10.2 Å². The molecule has 0 saturated carbocycles. The van der Waals surface area contributed by atoms with Gasteiger partial charge >= 0.3 is 5.97 Å². The number of hydrogen-bond acceptors (Lipinski definition) is 4. The van der Waals surface area contributed by atoms with Gasteiger partial charge < -0.3 is 10.4 Å². The number of imide groups is 1. The van der Waals surface area contributed by atoms with E-state index in [9.17, 15) is 24.3 Å². The fourth-order valence-corrected chi connectivity index (χ4v) is 7.21. The predicted octanol–water partition coefficient (Wildman–Crippen LogP) is 3.72. The molecule has 0 unspecified atom stereocenters. The van der Waals surface area contributed by atoms with Gasteiger partial charge in [0.15, 0.2) is 0 Å². The number of nitrogens with one attached hydrogen (secondary N) is 1. The Hall–Kier alpha value is -3.78. The van der Waals surface area contributed by atoms with Gasteiger partial charge in [0.25, 0.3) is 0 Å². The van der Waals surface area contributed by atoms with Crippen LogP contribution in [0.2, 0.25) is 0 Å². The van der Waals surface area contributed by atoms with Crippen molar-refractivity contribution in [1.29, 1.82) is 0 Å². The summed E-state index contributed by atoms with van der Waals surface area (Å²) in [4.78, 5) is 52.8. The molecule has 0 radical (unpaired) electrons. The first-order valence-corrected chi connectivity index (χ1v) is 12.0. The van der Waals surface area contributed by atoms with Crippen molar-refractivity contribution < 1.29 is 24.3 Å². The Morgan fingerprint density at radius 2 is 1.46 bits per heavy atom. The molecule has 1 fully saturated rings. The van der Waals surface area contributed by atoms with Gasteiger partial charge in [0.05, 0.1) is 27.4 Å². The summed E-state index contributed by atoms with van der Waals surface area (Å²) in [5.41, 5.74) is 3.98. The Balaban J connectivity index is 1.37. The van der Waals surface area contributed by atoms with Crippen LogP contribution in [0.4, 0.5) is 5.69 Å². The van der Waals surface area contributed by atoms with E-state index >= 15 is 0 Å². The Morgan fingerprint density at radius 1 is 0.886 bits per heavy atom. The zero-order valence-corrected chi connectivity index (χ0v) is 19.9. The van der Waals surface area contributed by atoms with Crippen molar-refractivity contribution >= 4 is 45.3 Å². The lowest BCUT2D eigenvalue weighted by molar-refractivity contribution is -0.142. The molecule has 0 spiro atoms. The molecular formula is C27H19BrN2O5. The molecule has 1 heterocycles. The molecule has 8 heteroatoms. The van der Waals surface area contributed by atoms with Gasteiger partial charge in [-0.25, -0.2) is 4.79 Å². The van der Waals surface area contributed by atoms with E-state index < -0.39 is 40.5 Å². The maximum atomic E-state index is 13.7. The van der Waals surface area contributed by atoms with E-state index in [0.29, 0.717) is 0 Å². The molecule has 174 valence electrons. The zero-order valence-electron chi connectivity index (χ0n) is 18.3. The number of alkyl halides is 1. The molecule has 4 aliphatic rings. The minimum atomic E-state index is -1.19. The maximum Gasteiger partial charge on any atom is 0.337 e. The Morgan fingerprint density at radius 3 is 2.09 bits per heavy atom. The number of likely N-dealkylation sites (tertiary alicyclic amines) is 1. The topological polar surface area (TPSA) is 104 Å². The first-order valence-electron chi connectivity index (χ1n) is 11.2. The number of benzene rings is 3. The average molecular weight is 531 g/mol. The largest absolute Gasteiger partial charge is 0.478 e. The minimum Gasteiger partial charge on any atom is -0.478 e. The normalized spacial score (nSPS) is 25.6. The maximum absolute atomic E-state index is 13.7. The summed E-state index contributed by atoms with van der Waals surface area (Å²) in [6.45, 7) is -0.485. The van der Waals surface area contributed by atoms with Crippen molar-refractivity contribution in [2.75, 3.05) is 11.9 Å². The van der Waals surface area contributed by atoms with Crippen molar-refractivity contribution in [1.82, 2.24) is 4.90 Å². The molecule has 0 aromatic heterocycles. The fourth-order valence-electron chi connectivity index (χ4n) is 6.01. The SMILES string of the molecule is O=C(CN1C(=O)[C@@H]2C3c4ccccc4C(Br)(c4ccccc43)[C@H]2C1=O)Nc1ccccc1C(=O)O. The first-order chi connectivity index (χ1) is 16.8. The van der Waals surface area contributed by atoms with Crippen molar-refractivity contribution in [3.63, 3.8) is 0 Å². The molecule has 3 aliphatic carbocycles. The summed E-state index contributed by atoms with van der Waals surface area (Å²) < 4.78 is -0.881. The third-order valence-electron chi connectivity index (χ3n) is 7.34. The molecule has 3 amide bonds. The molecule has 1 aliphatic heterocycles. The molecule has 3 aromatic rings. The van der Waals surface area contributed by atoms with Crippen LogP contribution in [0.15, 0.2) is 72.8 Å². The quantitative estimate of drug-likeness (QED) is 0.395. The monoisotopic (exact) mass is 530 g/mol. The molecule has 2 bridgehead atoms. The number of nitrogens with zero attached hydrogens (tertiary/aromatic N) is 1. The second-order valence-electron chi connectivity index (χ2n) is 9.03. The van der Waals surface area contributed by atoms with E-state index in [1.54, 1.807) is 12.1 Å². The molecule has 7 rings (SSSR count). The third kappa shape index (κ3) is 2.89. The standard InChI is InChI=1S/C27H19BrN2O5/c28-27-17-10-4-1-7-14(17)21(15-8-2-5-11-18(15)27)22-23(27)25(33)30(24(22)32)13-20(31)29-19-12-6-3-9-16(19)26(34)35/h1-12,21-23H,13H2,(H,29,31)(H,34,35)/t21?,22-,23-,27?/m1/s1. The minimum absolute atomic E-state index is 0.0723. The molecule has 2 N–H and O–H groups in total.